The van der Waals surface area contributed by atoms with Crippen LogP contribution in [0.3, 0.4) is 0 Å². The van der Waals surface area contributed by atoms with Crippen LogP contribution < -0.4 is 15.7 Å². The van der Waals surface area contributed by atoms with Crippen molar-refractivity contribution in [2.75, 3.05) is 0 Å². The highest BCUT2D eigenvalue weighted by atomic mass is 31.2. The number of rotatable bonds is 5. The first-order valence-electron chi connectivity index (χ1n) is 8.02. The molecular formula is C19H17N4OP. The largest absolute Gasteiger partial charge is 0.296 e. The third-order valence-electron chi connectivity index (χ3n) is 4.10. The Hall–Kier alpha value is -2.75. The summed E-state index contributed by atoms with van der Waals surface area (Å²) in [5, 5.41) is 13.1. The van der Waals surface area contributed by atoms with Gasteiger partial charge in [-0.2, -0.15) is 0 Å². The standard InChI is InChI=1S/C19H17N4OP/c24-25(16-9-3-1-4-10-16,17-11-5-2-6-12-17)20-15-23-19-14-8-7-13-18(19)21-22-23/h1-14H,15H2,(H,20,24). The molecule has 0 aliphatic rings. The Balaban J connectivity index is 1.71. The van der Waals surface area contributed by atoms with Gasteiger partial charge in [0.05, 0.1) is 12.2 Å². The van der Waals surface area contributed by atoms with Crippen LogP contribution in [0.5, 0.6) is 0 Å². The van der Waals surface area contributed by atoms with Crippen LogP contribution in [0, 0.1) is 0 Å². The third kappa shape index (κ3) is 3.00. The van der Waals surface area contributed by atoms with Gasteiger partial charge in [0.2, 0.25) is 7.29 Å². The van der Waals surface area contributed by atoms with Crippen LogP contribution in [0.4, 0.5) is 0 Å². The van der Waals surface area contributed by atoms with Crippen LogP contribution >= 0.6 is 7.29 Å². The summed E-state index contributed by atoms with van der Waals surface area (Å²) < 4.78 is 15.6. The minimum absolute atomic E-state index is 0.307. The maximum Gasteiger partial charge on any atom is 0.206 e. The van der Waals surface area contributed by atoms with Crippen molar-refractivity contribution in [1.82, 2.24) is 20.1 Å². The lowest BCUT2D eigenvalue weighted by atomic mass is 10.3. The second kappa shape index (κ2) is 6.63. The molecule has 0 radical (unpaired) electrons. The van der Waals surface area contributed by atoms with Gasteiger partial charge < -0.3 is 0 Å². The second-order valence-electron chi connectivity index (χ2n) is 5.67. The van der Waals surface area contributed by atoms with E-state index in [4.69, 9.17) is 0 Å². The topological polar surface area (TPSA) is 59.8 Å². The van der Waals surface area contributed by atoms with Crippen LogP contribution in [-0.2, 0) is 11.2 Å². The molecule has 25 heavy (non-hydrogen) atoms. The van der Waals surface area contributed by atoms with Gasteiger partial charge in [0.15, 0.2) is 0 Å². The smallest absolute Gasteiger partial charge is 0.206 e. The van der Waals surface area contributed by atoms with E-state index in [0.29, 0.717) is 6.67 Å². The van der Waals surface area contributed by atoms with E-state index in [-0.39, 0.29) is 0 Å². The van der Waals surface area contributed by atoms with E-state index in [1.807, 2.05) is 84.9 Å². The molecule has 0 spiro atoms. The van der Waals surface area contributed by atoms with Crippen LogP contribution in [-0.4, -0.2) is 15.0 Å². The molecule has 0 fully saturated rings. The van der Waals surface area contributed by atoms with Crippen LogP contribution in [0.1, 0.15) is 0 Å². The van der Waals surface area contributed by atoms with Gasteiger partial charge in [0.25, 0.3) is 0 Å². The van der Waals surface area contributed by atoms with Crippen molar-refractivity contribution in [1.29, 1.82) is 0 Å². The maximum atomic E-state index is 13.9. The van der Waals surface area contributed by atoms with Crippen molar-refractivity contribution in [2.45, 2.75) is 6.67 Å². The van der Waals surface area contributed by atoms with Gasteiger partial charge in [-0.05, 0) is 36.4 Å². The molecule has 1 heterocycles. The van der Waals surface area contributed by atoms with Crippen molar-refractivity contribution in [2.24, 2.45) is 0 Å². The lowest BCUT2D eigenvalue weighted by Gasteiger charge is -2.20. The monoisotopic (exact) mass is 348 g/mol. The van der Waals surface area contributed by atoms with Crippen molar-refractivity contribution in [3.8, 4) is 0 Å². The highest BCUT2D eigenvalue weighted by molar-refractivity contribution is 7.76. The fraction of sp³-hybridized carbons (Fsp3) is 0.0526. The Morgan fingerprint density at radius 1 is 0.800 bits per heavy atom. The zero-order chi connectivity index (χ0) is 17.1. The van der Waals surface area contributed by atoms with E-state index in [9.17, 15) is 4.57 Å². The van der Waals surface area contributed by atoms with Gasteiger partial charge in [-0.3, -0.25) is 4.57 Å². The van der Waals surface area contributed by atoms with Crippen molar-refractivity contribution < 1.29 is 4.57 Å². The number of para-hydroxylation sites is 1. The van der Waals surface area contributed by atoms with E-state index in [1.165, 1.54) is 0 Å². The molecule has 124 valence electrons. The fourth-order valence-corrected chi connectivity index (χ4v) is 4.99. The minimum Gasteiger partial charge on any atom is -0.296 e. The number of nitrogens with zero attached hydrogens (tertiary/aromatic N) is 3. The van der Waals surface area contributed by atoms with Gasteiger partial charge in [0, 0.05) is 10.6 Å². The molecule has 4 aromatic rings. The zero-order valence-electron chi connectivity index (χ0n) is 13.5. The van der Waals surface area contributed by atoms with Gasteiger partial charge in [-0.1, -0.05) is 53.7 Å². The Kier molecular flexibility index (Phi) is 4.18. The van der Waals surface area contributed by atoms with E-state index >= 15 is 0 Å². The number of hydrogen-bond donors (Lipinski definition) is 1. The molecule has 0 unspecified atom stereocenters. The summed E-state index contributed by atoms with van der Waals surface area (Å²) in [6, 6.07) is 26.7. The molecule has 0 amide bonds. The number of benzene rings is 3. The molecule has 1 N–H and O–H groups in total. The molecule has 1 aromatic heterocycles. The quantitative estimate of drug-likeness (QED) is 0.564. The molecule has 0 aliphatic heterocycles. The SMILES string of the molecule is O=P(NCn1nnc2ccccc21)(c1ccccc1)c1ccccc1. The number of fused-ring (bicyclic) bond motifs is 1. The predicted octanol–water partition coefficient (Wildman–Crippen LogP) is 2.91. The Morgan fingerprint density at radius 3 is 2.00 bits per heavy atom. The van der Waals surface area contributed by atoms with Crippen molar-refractivity contribution in [3.63, 3.8) is 0 Å². The summed E-state index contributed by atoms with van der Waals surface area (Å²) in [5.74, 6) is 0. The van der Waals surface area contributed by atoms with Crippen LogP contribution in [0.2, 0.25) is 0 Å². The first-order chi connectivity index (χ1) is 12.3. The Morgan fingerprint density at radius 2 is 1.36 bits per heavy atom. The van der Waals surface area contributed by atoms with Gasteiger partial charge in [-0.15, -0.1) is 5.10 Å². The summed E-state index contributed by atoms with van der Waals surface area (Å²) in [4.78, 5) is 0. The van der Waals surface area contributed by atoms with Gasteiger partial charge in [0.1, 0.15) is 5.52 Å². The van der Waals surface area contributed by atoms with E-state index in [2.05, 4.69) is 15.4 Å². The Bertz CT molecular complexity index is 987. The van der Waals surface area contributed by atoms with E-state index in [0.717, 1.165) is 21.6 Å². The number of aromatic nitrogens is 3. The number of nitrogens with one attached hydrogen (secondary N) is 1. The molecule has 3 aromatic carbocycles. The predicted molar refractivity (Wildman–Crippen MR) is 100 cm³/mol. The third-order valence-corrected chi connectivity index (χ3v) is 6.74. The van der Waals surface area contributed by atoms with Crippen LogP contribution in [0.15, 0.2) is 84.9 Å². The molecule has 0 aliphatic carbocycles. The fourth-order valence-electron chi connectivity index (χ4n) is 2.81. The first-order valence-corrected chi connectivity index (χ1v) is 9.73. The van der Waals surface area contributed by atoms with E-state index < -0.39 is 7.29 Å². The molecular weight excluding hydrogens is 331 g/mol. The second-order valence-corrected chi connectivity index (χ2v) is 8.24. The molecule has 0 saturated heterocycles. The number of hydrogen-bond acceptors (Lipinski definition) is 3. The summed E-state index contributed by atoms with van der Waals surface area (Å²) in [5.41, 5.74) is 1.72. The molecule has 0 atom stereocenters. The summed E-state index contributed by atoms with van der Waals surface area (Å²) in [6.07, 6.45) is 0. The first kappa shape index (κ1) is 15.8. The average molecular weight is 348 g/mol. The highest BCUT2D eigenvalue weighted by Gasteiger charge is 2.26. The maximum absolute atomic E-state index is 13.9. The van der Waals surface area contributed by atoms with Crippen LogP contribution in [0.25, 0.3) is 11.0 Å². The lowest BCUT2D eigenvalue weighted by molar-refractivity contribution is 0.548. The summed E-state index contributed by atoms with van der Waals surface area (Å²) >= 11 is 0. The average Bonchev–Trinajstić information content (AvgIpc) is 3.11. The summed E-state index contributed by atoms with van der Waals surface area (Å²) in [7, 11) is -2.98. The molecule has 4 rings (SSSR count). The molecule has 0 saturated carbocycles. The highest BCUT2D eigenvalue weighted by Crippen LogP contribution is 2.38. The van der Waals surface area contributed by atoms with Gasteiger partial charge in [-0.25, -0.2) is 9.77 Å². The molecule has 0 bridgehead atoms. The summed E-state index contributed by atoms with van der Waals surface area (Å²) in [6.45, 7) is 0.307. The Labute approximate surface area is 145 Å². The van der Waals surface area contributed by atoms with E-state index in [1.54, 1.807) is 4.68 Å². The minimum atomic E-state index is -2.98. The normalized spacial score (nSPS) is 11.7. The van der Waals surface area contributed by atoms with Gasteiger partial charge >= 0.3 is 0 Å². The lowest BCUT2D eigenvalue weighted by Crippen LogP contribution is -2.29. The molecule has 6 heteroatoms. The molecule has 5 nitrogen and oxygen atoms in total. The van der Waals surface area contributed by atoms with Crippen molar-refractivity contribution >= 4 is 28.9 Å². The zero-order valence-corrected chi connectivity index (χ0v) is 14.4. The van der Waals surface area contributed by atoms with Crippen molar-refractivity contribution in [3.05, 3.63) is 84.9 Å².